The zero-order chi connectivity index (χ0) is 22.9. The minimum Gasteiger partial charge on any atom is -0.388 e. The summed E-state index contributed by atoms with van der Waals surface area (Å²) in [6.45, 7) is 1.72. The van der Waals surface area contributed by atoms with Gasteiger partial charge in [0, 0.05) is 19.3 Å². The molecule has 1 aliphatic carbocycles. The molecule has 9 heteroatoms. The number of hydrogen-bond acceptors (Lipinski definition) is 7. The molecular formula is C23H27ClN4O3S. The van der Waals surface area contributed by atoms with Crippen LogP contribution in [0, 0.1) is 28.6 Å². The Bertz CT molecular complexity index is 1090. The zero-order valence-electron chi connectivity index (χ0n) is 18.0. The number of aliphatic hydroxyl groups is 1. The molecule has 2 aliphatic rings. The van der Waals surface area contributed by atoms with Gasteiger partial charge in [0.05, 0.1) is 39.9 Å². The Morgan fingerprint density at radius 3 is 2.44 bits per heavy atom. The lowest BCUT2D eigenvalue weighted by Crippen LogP contribution is -2.36. The van der Waals surface area contributed by atoms with E-state index in [4.69, 9.17) is 11.6 Å². The molecule has 7 nitrogen and oxygen atoms in total. The molecule has 2 heterocycles. The Morgan fingerprint density at radius 2 is 1.88 bits per heavy atom. The van der Waals surface area contributed by atoms with Crippen LogP contribution >= 0.6 is 11.6 Å². The Labute approximate surface area is 194 Å². The van der Waals surface area contributed by atoms with Crippen molar-refractivity contribution in [2.45, 2.75) is 43.1 Å². The maximum atomic E-state index is 11.6. The maximum absolute atomic E-state index is 11.6. The summed E-state index contributed by atoms with van der Waals surface area (Å²) in [6.07, 6.45) is 7.67. The molecule has 2 fully saturated rings. The summed E-state index contributed by atoms with van der Waals surface area (Å²) in [5.74, 6) is 1.55. The lowest BCUT2D eigenvalue weighted by Gasteiger charge is -2.32. The van der Waals surface area contributed by atoms with E-state index < -0.39 is 15.9 Å². The Balaban J connectivity index is 1.30. The second-order valence-electron chi connectivity index (χ2n) is 9.00. The second kappa shape index (κ2) is 8.97. The number of hydrogen-bond donors (Lipinski definition) is 1. The molecule has 3 unspecified atom stereocenters. The van der Waals surface area contributed by atoms with Crippen LogP contribution in [-0.2, 0) is 9.84 Å². The Hall–Kier alpha value is -2.21. The summed E-state index contributed by atoms with van der Waals surface area (Å²) in [5.41, 5.74) is 0.316. The van der Waals surface area contributed by atoms with E-state index in [1.807, 2.05) is 0 Å². The first kappa shape index (κ1) is 23.0. The largest absolute Gasteiger partial charge is 0.388 e. The molecule has 1 aromatic carbocycles. The van der Waals surface area contributed by atoms with Gasteiger partial charge >= 0.3 is 0 Å². The van der Waals surface area contributed by atoms with E-state index in [0.717, 1.165) is 38.6 Å². The van der Waals surface area contributed by atoms with Crippen LogP contribution in [-0.4, -0.2) is 42.8 Å². The third-order valence-electron chi connectivity index (χ3n) is 6.91. The van der Waals surface area contributed by atoms with Crippen LogP contribution in [0.2, 0.25) is 5.02 Å². The monoisotopic (exact) mass is 474 g/mol. The van der Waals surface area contributed by atoms with Gasteiger partial charge in [-0.05, 0) is 61.6 Å². The minimum absolute atomic E-state index is 0.236. The predicted octanol–water partition coefficient (Wildman–Crippen LogP) is 3.79. The molecular weight excluding hydrogens is 448 g/mol. The van der Waals surface area contributed by atoms with Gasteiger partial charge in [-0.25, -0.2) is 18.4 Å². The van der Waals surface area contributed by atoms with E-state index in [2.05, 4.69) is 20.9 Å². The summed E-state index contributed by atoms with van der Waals surface area (Å²) < 4.78 is 23.2. The number of piperidine rings is 1. The normalized spacial score (nSPS) is 24.7. The number of nitrogens with zero attached hydrogens (tertiary/aromatic N) is 4. The summed E-state index contributed by atoms with van der Waals surface area (Å²) in [7, 11) is -3.26. The Morgan fingerprint density at radius 1 is 1.25 bits per heavy atom. The molecule has 3 atom stereocenters. The number of halogens is 1. The molecule has 32 heavy (non-hydrogen) atoms. The molecule has 2 aromatic rings. The van der Waals surface area contributed by atoms with Crippen LogP contribution in [0.4, 0.5) is 5.95 Å². The number of nitriles is 1. The van der Waals surface area contributed by atoms with Crippen LogP contribution in [0.1, 0.15) is 43.8 Å². The number of sulfone groups is 1. The molecule has 0 spiro atoms. The Kier molecular flexibility index (Phi) is 6.44. The van der Waals surface area contributed by atoms with E-state index in [0.29, 0.717) is 41.2 Å². The average Bonchev–Trinajstić information content (AvgIpc) is 3.53. The van der Waals surface area contributed by atoms with E-state index >= 15 is 0 Å². The maximum Gasteiger partial charge on any atom is 0.225 e. The van der Waals surface area contributed by atoms with Crippen molar-refractivity contribution in [3.63, 3.8) is 0 Å². The van der Waals surface area contributed by atoms with Crippen molar-refractivity contribution in [1.29, 1.82) is 5.26 Å². The number of aliphatic hydroxyl groups excluding tert-OH is 1. The smallest absolute Gasteiger partial charge is 0.225 e. The highest BCUT2D eigenvalue weighted by Gasteiger charge is 2.57. The van der Waals surface area contributed by atoms with Crippen molar-refractivity contribution in [2.75, 3.05) is 24.2 Å². The van der Waals surface area contributed by atoms with Crippen molar-refractivity contribution < 1.29 is 13.5 Å². The zero-order valence-corrected chi connectivity index (χ0v) is 19.6. The van der Waals surface area contributed by atoms with Crippen LogP contribution in [0.25, 0.3) is 0 Å². The fourth-order valence-corrected chi connectivity index (χ4v) is 5.62. The van der Waals surface area contributed by atoms with Gasteiger partial charge in [-0.3, -0.25) is 0 Å². The molecule has 4 rings (SSSR count). The lowest BCUT2D eigenvalue weighted by atomic mass is 9.85. The van der Waals surface area contributed by atoms with Crippen molar-refractivity contribution in [3.8, 4) is 6.07 Å². The highest BCUT2D eigenvalue weighted by Crippen LogP contribution is 2.61. The third kappa shape index (κ3) is 4.90. The first-order chi connectivity index (χ1) is 15.2. The molecule has 1 aliphatic heterocycles. The number of rotatable bonds is 7. The molecule has 1 saturated heterocycles. The number of aromatic nitrogens is 2. The highest BCUT2D eigenvalue weighted by atomic mass is 35.5. The summed E-state index contributed by atoms with van der Waals surface area (Å²) in [6, 6.07) is 8.88. The van der Waals surface area contributed by atoms with Crippen molar-refractivity contribution in [3.05, 3.63) is 47.2 Å². The van der Waals surface area contributed by atoms with Gasteiger partial charge in [0.1, 0.15) is 0 Å². The van der Waals surface area contributed by atoms with E-state index in [9.17, 15) is 18.8 Å². The van der Waals surface area contributed by atoms with Crippen molar-refractivity contribution in [1.82, 2.24) is 9.97 Å². The van der Waals surface area contributed by atoms with Gasteiger partial charge in [0.15, 0.2) is 9.84 Å². The average molecular weight is 475 g/mol. The topological polar surface area (TPSA) is 107 Å². The molecule has 170 valence electrons. The fourth-order valence-electron chi connectivity index (χ4n) is 4.89. The van der Waals surface area contributed by atoms with Crippen molar-refractivity contribution in [2.24, 2.45) is 17.3 Å². The molecule has 1 aromatic heterocycles. The number of benzene rings is 1. The van der Waals surface area contributed by atoms with Gasteiger partial charge in [0.2, 0.25) is 5.95 Å². The van der Waals surface area contributed by atoms with Crippen LogP contribution in [0.3, 0.4) is 0 Å². The van der Waals surface area contributed by atoms with Crippen LogP contribution < -0.4 is 4.90 Å². The third-order valence-corrected chi connectivity index (χ3v) is 8.24. The molecule has 0 radical (unpaired) electrons. The van der Waals surface area contributed by atoms with Crippen LogP contribution in [0.15, 0.2) is 41.6 Å². The predicted molar refractivity (Wildman–Crippen MR) is 122 cm³/mol. The molecule has 0 bridgehead atoms. The van der Waals surface area contributed by atoms with Gasteiger partial charge in [-0.15, -0.1) is 0 Å². The van der Waals surface area contributed by atoms with Gasteiger partial charge in [-0.1, -0.05) is 23.7 Å². The molecule has 1 saturated carbocycles. The van der Waals surface area contributed by atoms with Gasteiger partial charge < -0.3 is 10.0 Å². The van der Waals surface area contributed by atoms with Gasteiger partial charge in [0.25, 0.3) is 0 Å². The van der Waals surface area contributed by atoms with Gasteiger partial charge in [-0.2, -0.15) is 5.26 Å². The first-order valence-corrected chi connectivity index (χ1v) is 13.1. The SMILES string of the molecule is CS(=O)(=O)c1ccc(C(O)CCC2(C#N)CC2C2CCN(c3ncc(Cl)cn3)CC2)cc1. The summed E-state index contributed by atoms with van der Waals surface area (Å²) >= 11 is 5.87. The number of anilines is 1. The van der Waals surface area contributed by atoms with E-state index in [1.165, 1.54) is 12.1 Å². The lowest BCUT2D eigenvalue weighted by molar-refractivity contribution is 0.155. The summed E-state index contributed by atoms with van der Waals surface area (Å²) in [4.78, 5) is 11.0. The van der Waals surface area contributed by atoms with E-state index in [-0.39, 0.29) is 10.3 Å². The molecule has 1 N–H and O–H groups in total. The quantitative estimate of drug-likeness (QED) is 0.650. The second-order valence-corrected chi connectivity index (χ2v) is 11.5. The minimum atomic E-state index is -3.26. The van der Waals surface area contributed by atoms with Crippen LogP contribution in [0.5, 0.6) is 0 Å². The fraction of sp³-hybridized carbons (Fsp3) is 0.522. The highest BCUT2D eigenvalue weighted by molar-refractivity contribution is 7.90. The first-order valence-electron chi connectivity index (χ1n) is 10.8. The van der Waals surface area contributed by atoms with E-state index in [1.54, 1.807) is 24.5 Å². The summed E-state index contributed by atoms with van der Waals surface area (Å²) in [5, 5.41) is 21.0. The molecule has 0 amide bonds. The van der Waals surface area contributed by atoms with Crippen molar-refractivity contribution >= 4 is 27.4 Å². The standard InChI is InChI=1S/C23H27ClN4O3S/c1-32(30,31)19-4-2-17(3-5-19)21(29)6-9-23(15-25)12-20(23)16-7-10-28(11-8-16)22-26-13-18(24)14-27-22/h2-5,13-14,16,20-21,29H,6-12H2,1H3.